The van der Waals surface area contributed by atoms with E-state index in [4.69, 9.17) is 9.47 Å². The second-order valence-electron chi connectivity index (χ2n) is 12.6. The highest BCUT2D eigenvalue weighted by Crippen LogP contribution is 2.38. The third-order valence-electron chi connectivity index (χ3n) is 8.30. The molecule has 2 fully saturated rings. The number of fused-ring (bicyclic) bond motifs is 1. The number of carbonyl (C=O) groups is 3. The molecule has 0 unspecified atom stereocenters. The second kappa shape index (κ2) is 12.8. The topological polar surface area (TPSA) is 120 Å². The molecule has 4 rings (SSSR count). The Kier molecular flexibility index (Phi) is 9.61. The Balaban J connectivity index is 1.30. The van der Waals surface area contributed by atoms with Crippen LogP contribution in [0.25, 0.3) is 0 Å². The Morgan fingerprint density at radius 3 is 2.38 bits per heavy atom. The van der Waals surface area contributed by atoms with E-state index in [0.29, 0.717) is 56.9 Å². The fourth-order valence-electron chi connectivity index (χ4n) is 5.91. The Hall–Kier alpha value is -2.85. The van der Waals surface area contributed by atoms with E-state index < -0.39 is 16.6 Å². The summed E-state index contributed by atoms with van der Waals surface area (Å²) in [5, 5.41) is 17.4. The number of benzene rings is 1. The highest BCUT2D eigenvalue weighted by molar-refractivity contribution is 5.96. The van der Waals surface area contributed by atoms with E-state index in [9.17, 15) is 19.5 Å². The molecule has 0 radical (unpaired) electrons. The first kappa shape index (κ1) is 30.1. The quantitative estimate of drug-likeness (QED) is 0.511. The van der Waals surface area contributed by atoms with Crippen molar-refractivity contribution in [3.8, 4) is 5.75 Å². The molecule has 10 nitrogen and oxygen atoms in total. The lowest BCUT2D eigenvalue weighted by atomic mass is 9.73. The van der Waals surface area contributed by atoms with Gasteiger partial charge < -0.3 is 35.0 Å². The lowest BCUT2D eigenvalue weighted by Crippen LogP contribution is -2.55. The molecule has 10 heteroatoms. The summed E-state index contributed by atoms with van der Waals surface area (Å²) in [6.07, 6.45) is 4.51. The summed E-state index contributed by atoms with van der Waals surface area (Å²) in [5.74, 6) is 0.438. The molecule has 3 aliphatic rings. The number of carbonyl (C=O) groups excluding carboxylic acids is 3. The monoisotopic (exact) mass is 558 g/mol. The van der Waals surface area contributed by atoms with Gasteiger partial charge in [0, 0.05) is 26.2 Å². The van der Waals surface area contributed by atoms with Gasteiger partial charge in [-0.25, -0.2) is 4.79 Å². The Labute approximate surface area is 237 Å². The highest BCUT2D eigenvalue weighted by atomic mass is 16.6. The number of β-amino-alcohol motifs (C(OH)–C–C–N with tert-alkyl or cyclic N) is 1. The maximum Gasteiger partial charge on any atom is 0.410 e. The van der Waals surface area contributed by atoms with Crippen molar-refractivity contribution in [3.05, 3.63) is 29.8 Å². The molecule has 3 heterocycles. The summed E-state index contributed by atoms with van der Waals surface area (Å²) < 4.78 is 11.3. The minimum atomic E-state index is -0.861. The predicted octanol–water partition coefficient (Wildman–Crippen LogP) is 2.94. The number of amides is 3. The number of nitrogens with zero attached hydrogens (tertiary/aromatic N) is 2. The van der Waals surface area contributed by atoms with Gasteiger partial charge in [0.15, 0.2) is 0 Å². The van der Waals surface area contributed by atoms with E-state index >= 15 is 0 Å². The maximum atomic E-state index is 13.5. The van der Waals surface area contributed by atoms with Crippen LogP contribution in [0.2, 0.25) is 0 Å². The van der Waals surface area contributed by atoms with Crippen molar-refractivity contribution in [2.45, 2.75) is 76.9 Å². The first-order valence-electron chi connectivity index (χ1n) is 14.7. The molecule has 0 atom stereocenters. The Morgan fingerprint density at radius 2 is 1.68 bits per heavy atom. The molecule has 2 saturated heterocycles. The van der Waals surface area contributed by atoms with Gasteiger partial charge in [-0.2, -0.15) is 0 Å². The minimum Gasteiger partial charge on any atom is -0.491 e. The minimum absolute atomic E-state index is 0.0644. The second-order valence-corrected chi connectivity index (χ2v) is 12.6. The molecule has 1 spiro atoms. The fraction of sp³-hybridized carbons (Fsp3) is 0.700. The van der Waals surface area contributed by atoms with Crippen LogP contribution in [-0.4, -0.2) is 96.4 Å². The van der Waals surface area contributed by atoms with E-state index in [1.807, 2.05) is 32.9 Å². The zero-order valence-electron chi connectivity index (χ0n) is 24.3. The van der Waals surface area contributed by atoms with E-state index in [1.54, 1.807) is 17.0 Å². The van der Waals surface area contributed by atoms with Gasteiger partial charge in [0.25, 0.3) is 5.91 Å². The van der Waals surface area contributed by atoms with Gasteiger partial charge in [-0.15, -0.1) is 0 Å². The summed E-state index contributed by atoms with van der Waals surface area (Å²) in [6, 6.07) is 7.17. The van der Waals surface area contributed by atoms with E-state index in [2.05, 4.69) is 15.5 Å². The van der Waals surface area contributed by atoms with Gasteiger partial charge in [0.2, 0.25) is 5.91 Å². The number of hydrogen-bond donors (Lipinski definition) is 3. The third-order valence-corrected chi connectivity index (χ3v) is 8.30. The van der Waals surface area contributed by atoms with Gasteiger partial charge in [-0.1, -0.05) is 18.6 Å². The summed E-state index contributed by atoms with van der Waals surface area (Å²) in [4.78, 5) is 42.4. The predicted molar refractivity (Wildman–Crippen MR) is 151 cm³/mol. The zero-order chi connectivity index (χ0) is 28.8. The number of piperidine rings is 2. The van der Waals surface area contributed by atoms with Crippen LogP contribution in [0.3, 0.4) is 0 Å². The number of para-hydroxylation sites is 1. The third kappa shape index (κ3) is 7.87. The van der Waals surface area contributed by atoms with Crippen molar-refractivity contribution in [3.63, 3.8) is 0 Å². The van der Waals surface area contributed by atoms with Gasteiger partial charge in [0.1, 0.15) is 18.0 Å². The summed E-state index contributed by atoms with van der Waals surface area (Å²) in [5.41, 5.74) is -1.36. The van der Waals surface area contributed by atoms with Crippen molar-refractivity contribution >= 4 is 17.9 Å². The van der Waals surface area contributed by atoms with Crippen molar-refractivity contribution in [1.29, 1.82) is 0 Å². The SMILES string of the molecule is CC(C)(C)OC(=O)N1CCC(O)(CN2CCC3(CCCCNC(=O)c4ccccc4OCCNC3=O)CC2)CC1. The van der Waals surface area contributed by atoms with E-state index in [1.165, 1.54) is 0 Å². The van der Waals surface area contributed by atoms with Crippen LogP contribution < -0.4 is 15.4 Å². The molecule has 0 bridgehead atoms. The zero-order valence-corrected chi connectivity index (χ0v) is 24.3. The van der Waals surface area contributed by atoms with Crippen molar-refractivity contribution in [2.24, 2.45) is 5.41 Å². The van der Waals surface area contributed by atoms with Crippen molar-refractivity contribution < 1.29 is 29.0 Å². The molecule has 1 aromatic carbocycles. The lowest BCUT2D eigenvalue weighted by molar-refractivity contribution is -0.135. The molecule has 0 aromatic heterocycles. The number of rotatable bonds is 2. The lowest BCUT2D eigenvalue weighted by Gasteiger charge is -2.45. The number of aliphatic hydroxyl groups is 1. The van der Waals surface area contributed by atoms with Gasteiger partial charge in [-0.05, 0) is 84.5 Å². The van der Waals surface area contributed by atoms with E-state index in [0.717, 1.165) is 45.2 Å². The fourth-order valence-corrected chi connectivity index (χ4v) is 5.91. The maximum absolute atomic E-state index is 13.5. The normalized spacial score (nSPS) is 22.8. The molecule has 0 saturated carbocycles. The van der Waals surface area contributed by atoms with Gasteiger partial charge >= 0.3 is 6.09 Å². The smallest absolute Gasteiger partial charge is 0.410 e. The summed E-state index contributed by atoms with van der Waals surface area (Å²) in [7, 11) is 0. The molecular weight excluding hydrogens is 512 g/mol. The van der Waals surface area contributed by atoms with Crippen LogP contribution in [0.1, 0.15) is 76.1 Å². The average molecular weight is 559 g/mol. The Bertz CT molecular complexity index is 1040. The number of likely N-dealkylation sites (tertiary alicyclic amines) is 2. The highest BCUT2D eigenvalue weighted by Gasteiger charge is 2.43. The molecule has 3 N–H and O–H groups in total. The molecule has 0 aliphatic carbocycles. The van der Waals surface area contributed by atoms with Crippen LogP contribution in [0.5, 0.6) is 5.75 Å². The van der Waals surface area contributed by atoms with Crippen LogP contribution in [0.15, 0.2) is 24.3 Å². The Morgan fingerprint density at radius 1 is 0.975 bits per heavy atom. The molecule has 40 heavy (non-hydrogen) atoms. The van der Waals surface area contributed by atoms with Gasteiger partial charge in [-0.3, -0.25) is 9.59 Å². The number of ether oxygens (including phenoxy) is 2. The molecular formula is C30H46N4O6. The molecule has 3 amide bonds. The van der Waals surface area contributed by atoms with Crippen molar-refractivity contribution in [2.75, 3.05) is 52.4 Å². The van der Waals surface area contributed by atoms with Crippen LogP contribution in [0.4, 0.5) is 4.79 Å². The van der Waals surface area contributed by atoms with E-state index in [-0.39, 0.29) is 24.5 Å². The largest absolute Gasteiger partial charge is 0.491 e. The first-order chi connectivity index (χ1) is 19.0. The van der Waals surface area contributed by atoms with Crippen molar-refractivity contribution in [1.82, 2.24) is 20.4 Å². The standard InChI is InChI=1S/C30H46N4O6/c1-28(2,3)40-27(37)34-19-13-30(38,14-20-34)22-33-17-11-29(12-18-33)10-6-7-15-31-25(35)23-8-4-5-9-24(23)39-21-16-32-26(29)36/h4-5,8-9,38H,6-7,10-22H2,1-3H3,(H,31,35)(H,32,36). The number of hydrogen-bond acceptors (Lipinski definition) is 7. The van der Waals surface area contributed by atoms with Crippen LogP contribution in [0, 0.1) is 5.41 Å². The summed E-state index contributed by atoms with van der Waals surface area (Å²) >= 11 is 0. The molecule has 222 valence electrons. The average Bonchev–Trinajstić information content (AvgIpc) is 2.91. The molecule has 1 aromatic rings. The summed E-state index contributed by atoms with van der Waals surface area (Å²) in [6.45, 7) is 9.68. The number of nitrogens with one attached hydrogen (secondary N) is 2. The molecule has 3 aliphatic heterocycles. The first-order valence-corrected chi connectivity index (χ1v) is 14.7. The van der Waals surface area contributed by atoms with Gasteiger partial charge in [0.05, 0.1) is 23.1 Å². The van der Waals surface area contributed by atoms with Crippen LogP contribution in [-0.2, 0) is 9.53 Å². The van der Waals surface area contributed by atoms with Crippen LogP contribution >= 0.6 is 0 Å².